The Kier molecular flexibility index (Phi) is 5.53. The Morgan fingerprint density at radius 1 is 1.07 bits per heavy atom. The van der Waals surface area contributed by atoms with Crippen LogP contribution in [0.25, 0.3) is 0 Å². The summed E-state index contributed by atoms with van der Waals surface area (Å²) in [5, 5.41) is 3.13. The number of para-hydroxylation sites is 1. The second-order valence-corrected chi connectivity index (χ2v) is 7.85. The van der Waals surface area contributed by atoms with Gasteiger partial charge in [-0.3, -0.25) is 4.79 Å². The number of carbonyl (C=O) groups excluding carboxylic acids is 1. The van der Waals surface area contributed by atoms with Gasteiger partial charge in [-0.25, -0.2) is 0 Å². The van der Waals surface area contributed by atoms with E-state index in [9.17, 15) is 4.79 Å². The van der Waals surface area contributed by atoms with E-state index in [4.69, 9.17) is 9.47 Å². The van der Waals surface area contributed by atoms with Gasteiger partial charge >= 0.3 is 0 Å². The lowest BCUT2D eigenvalue weighted by Gasteiger charge is -2.22. The summed E-state index contributed by atoms with van der Waals surface area (Å²) in [6.07, 6.45) is 3.13. The molecule has 0 bridgehead atoms. The van der Waals surface area contributed by atoms with Crippen LogP contribution < -0.4 is 19.7 Å². The molecule has 2 N–H and O–H groups in total. The van der Waals surface area contributed by atoms with Gasteiger partial charge in [0.05, 0.1) is 19.8 Å². The molecular formula is C23H29N2O3+. The Labute approximate surface area is 166 Å². The first-order chi connectivity index (χ1) is 13.6. The Bertz CT molecular complexity index is 845. The molecule has 2 aromatic rings. The predicted molar refractivity (Wildman–Crippen MR) is 109 cm³/mol. The number of anilines is 1. The molecule has 1 unspecified atom stereocenters. The molecule has 28 heavy (non-hydrogen) atoms. The molecule has 5 heteroatoms. The topological polar surface area (TPSA) is 52.0 Å². The number of carbonyl (C=O) groups is 1. The van der Waals surface area contributed by atoms with Gasteiger partial charge in [0.2, 0.25) is 0 Å². The molecule has 0 aromatic heterocycles. The molecule has 0 saturated carbocycles. The van der Waals surface area contributed by atoms with Crippen LogP contribution in [-0.4, -0.2) is 32.2 Å². The van der Waals surface area contributed by atoms with Crippen molar-refractivity contribution in [3.8, 4) is 11.5 Å². The van der Waals surface area contributed by atoms with Crippen molar-refractivity contribution < 1.29 is 19.2 Å². The third kappa shape index (κ3) is 3.99. The van der Waals surface area contributed by atoms with E-state index in [1.165, 1.54) is 10.5 Å². The second kappa shape index (κ2) is 8.23. The van der Waals surface area contributed by atoms with E-state index in [1.807, 2.05) is 38.1 Å². The zero-order valence-electron chi connectivity index (χ0n) is 16.7. The van der Waals surface area contributed by atoms with Gasteiger partial charge in [-0.1, -0.05) is 18.2 Å². The van der Waals surface area contributed by atoms with Crippen LogP contribution in [0, 0.1) is 13.8 Å². The Hall–Kier alpha value is -2.53. The number of hydrogen-bond donors (Lipinski definition) is 2. The molecule has 1 amide bonds. The second-order valence-electron chi connectivity index (χ2n) is 7.85. The SMILES string of the molecule is Cc1cccc(C)c1NC(=O)C[NH+]1CCC[C@@H]1c1ccc2c(c1)OCCCO2. The fourth-order valence-electron chi connectivity index (χ4n) is 4.32. The van der Waals surface area contributed by atoms with Gasteiger partial charge < -0.3 is 19.7 Å². The lowest BCUT2D eigenvalue weighted by Crippen LogP contribution is -3.11. The Balaban J connectivity index is 1.46. The van der Waals surface area contributed by atoms with Gasteiger partial charge in [0.1, 0.15) is 6.04 Å². The maximum Gasteiger partial charge on any atom is 0.279 e. The summed E-state index contributed by atoms with van der Waals surface area (Å²) in [5.41, 5.74) is 4.38. The van der Waals surface area contributed by atoms with E-state index in [0.717, 1.165) is 54.1 Å². The number of fused-ring (bicyclic) bond motifs is 1. The molecule has 2 aliphatic rings. The minimum Gasteiger partial charge on any atom is -0.490 e. The zero-order valence-corrected chi connectivity index (χ0v) is 16.7. The fourth-order valence-corrected chi connectivity index (χ4v) is 4.32. The summed E-state index contributed by atoms with van der Waals surface area (Å²) >= 11 is 0. The average Bonchev–Trinajstić information content (AvgIpc) is 3.00. The fraction of sp³-hybridized carbons (Fsp3) is 0.435. The maximum absolute atomic E-state index is 12.8. The van der Waals surface area contributed by atoms with Gasteiger partial charge in [-0.05, 0) is 43.2 Å². The molecule has 0 radical (unpaired) electrons. The van der Waals surface area contributed by atoms with Crippen molar-refractivity contribution in [1.82, 2.24) is 0 Å². The highest BCUT2D eigenvalue weighted by Gasteiger charge is 2.32. The summed E-state index contributed by atoms with van der Waals surface area (Å²) in [5.74, 6) is 1.74. The van der Waals surface area contributed by atoms with Crippen LogP contribution in [0.3, 0.4) is 0 Å². The van der Waals surface area contributed by atoms with Crippen LogP contribution in [0.1, 0.15) is 42.0 Å². The largest absolute Gasteiger partial charge is 0.490 e. The first kappa shape index (κ1) is 18.8. The lowest BCUT2D eigenvalue weighted by molar-refractivity contribution is -0.910. The highest BCUT2D eigenvalue weighted by Crippen LogP contribution is 2.33. The highest BCUT2D eigenvalue weighted by molar-refractivity contribution is 5.93. The summed E-state index contributed by atoms with van der Waals surface area (Å²) in [6.45, 7) is 6.95. The van der Waals surface area contributed by atoms with Crippen LogP contribution >= 0.6 is 0 Å². The van der Waals surface area contributed by atoms with Crippen molar-refractivity contribution in [2.75, 3.05) is 31.6 Å². The molecule has 2 aromatic carbocycles. The Morgan fingerprint density at radius 3 is 2.61 bits per heavy atom. The van der Waals surface area contributed by atoms with E-state index >= 15 is 0 Å². The van der Waals surface area contributed by atoms with Crippen molar-refractivity contribution in [2.24, 2.45) is 0 Å². The molecule has 2 aliphatic heterocycles. The number of aryl methyl sites for hydroxylation is 2. The summed E-state index contributed by atoms with van der Waals surface area (Å²) in [7, 11) is 0. The van der Waals surface area contributed by atoms with Crippen molar-refractivity contribution in [3.05, 3.63) is 53.1 Å². The van der Waals surface area contributed by atoms with Crippen LogP contribution in [0.4, 0.5) is 5.69 Å². The van der Waals surface area contributed by atoms with Gasteiger partial charge in [0.15, 0.2) is 18.0 Å². The quantitative estimate of drug-likeness (QED) is 0.856. The number of benzene rings is 2. The molecule has 2 atom stereocenters. The van der Waals surface area contributed by atoms with Crippen molar-refractivity contribution >= 4 is 11.6 Å². The smallest absolute Gasteiger partial charge is 0.279 e. The zero-order chi connectivity index (χ0) is 19.5. The van der Waals surface area contributed by atoms with Gasteiger partial charge in [0.25, 0.3) is 5.91 Å². The molecule has 1 saturated heterocycles. The third-order valence-corrected chi connectivity index (χ3v) is 5.79. The first-order valence-corrected chi connectivity index (χ1v) is 10.2. The molecule has 4 rings (SSSR count). The maximum atomic E-state index is 12.8. The number of rotatable bonds is 4. The van der Waals surface area contributed by atoms with E-state index in [2.05, 4.69) is 17.4 Å². The highest BCUT2D eigenvalue weighted by atomic mass is 16.5. The normalized spacial score (nSPS) is 21.2. The summed E-state index contributed by atoms with van der Waals surface area (Å²) in [4.78, 5) is 14.1. The monoisotopic (exact) mass is 381 g/mol. The van der Waals surface area contributed by atoms with Crippen LogP contribution in [0.5, 0.6) is 11.5 Å². The number of quaternary nitrogens is 1. The van der Waals surface area contributed by atoms with Crippen molar-refractivity contribution in [3.63, 3.8) is 0 Å². The number of hydrogen-bond acceptors (Lipinski definition) is 3. The molecule has 0 spiro atoms. The number of amides is 1. The average molecular weight is 381 g/mol. The first-order valence-electron chi connectivity index (χ1n) is 10.2. The van der Waals surface area contributed by atoms with Gasteiger partial charge in [-0.2, -0.15) is 0 Å². The predicted octanol–water partition coefficient (Wildman–Crippen LogP) is 2.82. The van der Waals surface area contributed by atoms with Gasteiger partial charge in [0, 0.05) is 30.5 Å². The molecule has 0 aliphatic carbocycles. The minimum absolute atomic E-state index is 0.0774. The molecule has 2 heterocycles. The molecule has 5 nitrogen and oxygen atoms in total. The van der Waals surface area contributed by atoms with Crippen LogP contribution in [0.2, 0.25) is 0 Å². The van der Waals surface area contributed by atoms with Crippen LogP contribution in [-0.2, 0) is 4.79 Å². The molecule has 1 fully saturated rings. The minimum atomic E-state index is 0.0774. The summed E-state index contributed by atoms with van der Waals surface area (Å²) < 4.78 is 11.6. The molecular weight excluding hydrogens is 352 g/mol. The third-order valence-electron chi connectivity index (χ3n) is 5.79. The lowest BCUT2D eigenvalue weighted by atomic mass is 10.0. The summed E-state index contributed by atoms with van der Waals surface area (Å²) in [6, 6.07) is 12.7. The van der Waals surface area contributed by atoms with E-state index < -0.39 is 0 Å². The number of ether oxygens (including phenoxy) is 2. The standard InChI is InChI=1S/C23H28N2O3/c1-16-6-3-7-17(2)23(16)24-22(26)15-25-11-4-8-19(25)18-9-10-20-21(14-18)28-13-5-12-27-20/h3,6-7,9-10,14,19H,4-5,8,11-13,15H2,1-2H3,(H,24,26)/p+1/t19-/m1/s1. The van der Waals surface area contributed by atoms with E-state index in [0.29, 0.717) is 25.8 Å². The number of nitrogens with one attached hydrogen (secondary N) is 2. The van der Waals surface area contributed by atoms with Crippen molar-refractivity contribution in [2.45, 2.75) is 39.2 Å². The van der Waals surface area contributed by atoms with E-state index in [-0.39, 0.29) is 5.91 Å². The Morgan fingerprint density at radius 2 is 1.82 bits per heavy atom. The van der Waals surface area contributed by atoms with Crippen LogP contribution in [0.15, 0.2) is 36.4 Å². The number of likely N-dealkylation sites (tertiary alicyclic amines) is 1. The molecule has 148 valence electrons. The van der Waals surface area contributed by atoms with E-state index in [1.54, 1.807) is 0 Å². The van der Waals surface area contributed by atoms with Crippen molar-refractivity contribution in [1.29, 1.82) is 0 Å². The van der Waals surface area contributed by atoms with Gasteiger partial charge in [-0.15, -0.1) is 0 Å².